The molecule has 174 valence electrons. The highest BCUT2D eigenvalue weighted by Crippen LogP contribution is 2.25. The number of nitrogens with zero attached hydrogens (tertiary/aromatic N) is 2. The number of rotatable bonds is 6. The maximum atomic E-state index is 13.5. The highest BCUT2D eigenvalue weighted by atomic mass is 35.5. The Kier molecular flexibility index (Phi) is 7.48. The molecule has 2 heterocycles. The summed E-state index contributed by atoms with van der Waals surface area (Å²) in [6.45, 7) is 11.0. The molecule has 0 amide bonds. The van der Waals surface area contributed by atoms with Crippen molar-refractivity contribution in [2.45, 2.75) is 58.9 Å². The van der Waals surface area contributed by atoms with Crippen LogP contribution in [-0.4, -0.2) is 15.7 Å². The van der Waals surface area contributed by atoms with Gasteiger partial charge in [0.2, 0.25) is 0 Å². The Morgan fingerprint density at radius 3 is 2.06 bits per heavy atom. The third kappa shape index (κ3) is 5.56. The van der Waals surface area contributed by atoms with Gasteiger partial charge in [-0.1, -0.05) is 57.2 Å². The fourth-order valence-electron chi connectivity index (χ4n) is 4.27. The minimum absolute atomic E-state index is 0. The first kappa shape index (κ1) is 24.8. The number of fused-ring (bicyclic) bond motifs is 1. The average Bonchev–Trinajstić information content (AvgIpc) is 3.00. The van der Waals surface area contributed by atoms with Crippen LogP contribution in [0.1, 0.15) is 48.7 Å². The zero-order valence-corrected chi connectivity index (χ0v) is 20.8. The average molecular weight is 466 g/mol. The summed E-state index contributed by atoms with van der Waals surface area (Å²) >= 11 is 0. The predicted molar refractivity (Wildman–Crippen MR) is 139 cm³/mol. The Balaban J connectivity index is 0.00000306. The molecule has 3 nitrogen and oxygen atoms in total. The molecule has 0 fully saturated rings. The lowest BCUT2D eigenvalue weighted by Crippen LogP contribution is -2.32. The van der Waals surface area contributed by atoms with Gasteiger partial charge in [-0.15, -0.1) is 12.4 Å². The summed E-state index contributed by atoms with van der Waals surface area (Å²) in [4.78, 5) is 4.34. The fraction of sp³-hybridized carbons (Fsp3) is 0.321. The number of pyridine rings is 1. The van der Waals surface area contributed by atoms with Crippen LogP contribution in [0.2, 0.25) is 0 Å². The molecule has 0 aliphatic heterocycles. The summed E-state index contributed by atoms with van der Waals surface area (Å²) in [6, 6.07) is 17.9. The van der Waals surface area contributed by atoms with Gasteiger partial charge >= 0.3 is 0 Å². The zero-order chi connectivity index (χ0) is 22.9. The van der Waals surface area contributed by atoms with Crippen LogP contribution in [0.15, 0.2) is 67.0 Å². The molecule has 2 aromatic heterocycles. The molecule has 4 rings (SSSR count). The third-order valence-corrected chi connectivity index (χ3v) is 6.33. The van der Waals surface area contributed by atoms with Crippen LogP contribution in [0.4, 0.5) is 4.39 Å². The van der Waals surface area contributed by atoms with E-state index in [1.807, 2.05) is 24.5 Å². The number of aryl methyl sites for hydroxylation is 1. The molecule has 0 bridgehead atoms. The maximum Gasteiger partial charge on any atom is 0.123 e. The first-order valence-electron chi connectivity index (χ1n) is 11.2. The summed E-state index contributed by atoms with van der Waals surface area (Å²) in [5.41, 5.74) is 11.1. The summed E-state index contributed by atoms with van der Waals surface area (Å²) < 4.78 is 15.6. The smallest absolute Gasteiger partial charge is 0.123 e. The highest BCUT2D eigenvalue weighted by molar-refractivity contribution is 5.85. The molecule has 0 aliphatic carbocycles. The molecule has 1 atom stereocenters. The van der Waals surface area contributed by atoms with Crippen LogP contribution >= 0.6 is 12.4 Å². The molecule has 0 saturated carbocycles. The van der Waals surface area contributed by atoms with E-state index in [1.165, 1.54) is 39.9 Å². The van der Waals surface area contributed by atoms with E-state index in [4.69, 9.17) is 0 Å². The second-order valence-electron chi connectivity index (χ2n) is 9.75. The van der Waals surface area contributed by atoms with Gasteiger partial charge in [-0.3, -0.25) is 9.66 Å². The largest absolute Gasteiger partial charge is 0.322 e. The van der Waals surface area contributed by atoms with Gasteiger partial charge < -0.3 is 5.43 Å². The van der Waals surface area contributed by atoms with Gasteiger partial charge in [0.1, 0.15) is 5.82 Å². The van der Waals surface area contributed by atoms with Crippen molar-refractivity contribution in [3.63, 3.8) is 0 Å². The lowest BCUT2D eigenvalue weighted by atomic mass is 9.86. The van der Waals surface area contributed by atoms with E-state index in [0.717, 1.165) is 23.9 Å². The minimum Gasteiger partial charge on any atom is -0.322 e. The van der Waals surface area contributed by atoms with Crippen LogP contribution in [0.5, 0.6) is 0 Å². The molecule has 2 aromatic carbocycles. The molecule has 1 N–H and O–H groups in total. The fourth-order valence-corrected chi connectivity index (χ4v) is 4.27. The summed E-state index contributed by atoms with van der Waals surface area (Å²) in [7, 11) is 0. The Morgan fingerprint density at radius 2 is 1.48 bits per heavy atom. The quantitative estimate of drug-likeness (QED) is 0.335. The Morgan fingerprint density at radius 1 is 0.909 bits per heavy atom. The van der Waals surface area contributed by atoms with Gasteiger partial charge in [0, 0.05) is 17.3 Å². The molecule has 0 radical (unpaired) electrons. The molecule has 33 heavy (non-hydrogen) atoms. The lowest BCUT2D eigenvalue weighted by Gasteiger charge is -2.24. The highest BCUT2D eigenvalue weighted by Gasteiger charge is 2.18. The summed E-state index contributed by atoms with van der Waals surface area (Å²) in [5.74, 6) is -0.204. The lowest BCUT2D eigenvalue weighted by molar-refractivity contribution is 0.589. The molecule has 0 saturated heterocycles. The minimum atomic E-state index is -0.204. The van der Waals surface area contributed by atoms with Gasteiger partial charge in [-0.25, -0.2) is 4.39 Å². The third-order valence-electron chi connectivity index (χ3n) is 6.33. The normalized spacial score (nSPS) is 12.4. The number of halogens is 2. The van der Waals surface area contributed by atoms with Gasteiger partial charge in [0.15, 0.2) is 0 Å². The number of benzene rings is 2. The van der Waals surface area contributed by atoms with Crippen LogP contribution in [0.25, 0.3) is 10.9 Å². The molecular formula is C28H33ClFN3. The first-order chi connectivity index (χ1) is 15.2. The van der Waals surface area contributed by atoms with Crippen molar-refractivity contribution in [1.29, 1.82) is 0 Å². The van der Waals surface area contributed by atoms with E-state index in [1.54, 1.807) is 0 Å². The van der Waals surface area contributed by atoms with Gasteiger partial charge in [-0.05, 0) is 72.6 Å². The van der Waals surface area contributed by atoms with Crippen LogP contribution in [0.3, 0.4) is 0 Å². The molecule has 0 spiro atoms. The van der Waals surface area contributed by atoms with E-state index in [9.17, 15) is 4.39 Å². The van der Waals surface area contributed by atoms with Crippen LogP contribution < -0.4 is 5.43 Å². The van der Waals surface area contributed by atoms with Gasteiger partial charge in [0.25, 0.3) is 0 Å². The molecule has 4 aromatic rings. The van der Waals surface area contributed by atoms with Crippen LogP contribution in [-0.2, 0) is 18.3 Å². The number of aromatic nitrogens is 2. The number of hydrogen-bond donors (Lipinski definition) is 1. The van der Waals surface area contributed by atoms with E-state index in [-0.39, 0.29) is 29.7 Å². The van der Waals surface area contributed by atoms with E-state index in [0.29, 0.717) is 0 Å². The van der Waals surface area contributed by atoms with E-state index in [2.05, 4.69) is 80.0 Å². The van der Waals surface area contributed by atoms with Gasteiger partial charge in [-0.2, -0.15) is 0 Å². The topological polar surface area (TPSA) is 29.9 Å². The first-order valence-corrected chi connectivity index (χ1v) is 11.2. The van der Waals surface area contributed by atoms with Gasteiger partial charge in [0.05, 0.1) is 17.8 Å². The summed E-state index contributed by atoms with van der Waals surface area (Å²) in [5, 5.41) is 1.21. The Labute approximate surface area is 202 Å². The second-order valence-corrected chi connectivity index (χ2v) is 9.75. The van der Waals surface area contributed by atoms with Crippen molar-refractivity contribution in [1.82, 2.24) is 9.66 Å². The second kappa shape index (κ2) is 9.96. The molecular weight excluding hydrogens is 433 g/mol. The molecule has 0 aliphatic rings. The Bertz CT molecular complexity index is 1210. The van der Waals surface area contributed by atoms with E-state index >= 15 is 0 Å². The Hall–Kier alpha value is -2.85. The summed E-state index contributed by atoms with van der Waals surface area (Å²) in [6.07, 6.45) is 5.40. The number of hydrogen-bond acceptors (Lipinski definition) is 2. The SMILES string of the molecule is Cc1c(C)n(NC(Cc2ccc(F)cc2)Cc2ccc(C(C)(C)C)cc2)c2cnccc12.Cl. The monoisotopic (exact) mass is 465 g/mol. The molecule has 1 unspecified atom stereocenters. The van der Waals surface area contributed by atoms with Crippen molar-refractivity contribution in [2.24, 2.45) is 0 Å². The predicted octanol–water partition coefficient (Wildman–Crippen LogP) is 6.91. The van der Waals surface area contributed by atoms with Crippen molar-refractivity contribution >= 4 is 23.3 Å². The standard InChI is InChI=1S/C28H32FN3.ClH/c1-19-20(2)32(27-18-30-15-14-26(19)27)31-25(17-22-8-12-24(29)13-9-22)16-21-6-10-23(11-7-21)28(3,4)5;/h6-15,18,25,31H,16-17H2,1-5H3;1H. The van der Waals surface area contributed by atoms with Crippen LogP contribution in [0, 0.1) is 19.7 Å². The van der Waals surface area contributed by atoms with Crippen molar-refractivity contribution in [3.05, 3.63) is 101 Å². The molecule has 5 heteroatoms. The number of nitrogens with one attached hydrogen (secondary N) is 1. The maximum absolute atomic E-state index is 13.5. The van der Waals surface area contributed by atoms with Crippen molar-refractivity contribution in [2.75, 3.05) is 5.43 Å². The van der Waals surface area contributed by atoms with Crippen molar-refractivity contribution < 1.29 is 4.39 Å². The zero-order valence-electron chi connectivity index (χ0n) is 20.0. The van der Waals surface area contributed by atoms with Crippen molar-refractivity contribution in [3.8, 4) is 0 Å². The van der Waals surface area contributed by atoms with E-state index < -0.39 is 0 Å².